The second-order valence-corrected chi connectivity index (χ2v) is 12.9. The molecule has 0 aliphatic heterocycles. The minimum atomic E-state index is -0.387. The lowest BCUT2D eigenvalue weighted by Crippen LogP contribution is -1.96. The van der Waals surface area contributed by atoms with Gasteiger partial charge in [-0.25, -0.2) is 0 Å². The van der Waals surface area contributed by atoms with Crippen molar-refractivity contribution in [1.82, 2.24) is 29.8 Å². The number of hydrogen-bond acceptors (Lipinski definition) is 8. The number of nitro benzene ring substituents is 2. The molecule has 0 radical (unpaired) electrons. The first-order chi connectivity index (χ1) is 23.7. The van der Waals surface area contributed by atoms with Crippen LogP contribution in [0.4, 0.5) is 17.1 Å². The smallest absolute Gasteiger partial charge is 0.270 e. The third-order valence-electron chi connectivity index (χ3n) is 8.87. The first kappa shape index (κ1) is 33.6. The van der Waals surface area contributed by atoms with Crippen LogP contribution in [0, 0.1) is 20.2 Å². The molecule has 0 unspecified atom stereocenters. The Labute approximate surface area is 283 Å². The van der Waals surface area contributed by atoms with Gasteiger partial charge in [-0.3, -0.25) is 34.7 Å². The van der Waals surface area contributed by atoms with Crippen molar-refractivity contribution in [3.63, 3.8) is 0 Å². The molecule has 2 aliphatic carbocycles. The Kier molecular flexibility index (Phi) is 9.88. The standard InChI is InChI=1S/C13H15N3O2.C13H17N3.C10H11N3O2/c1-2-3-12-11-8-10(16(17)18)6-7-13(11)15(14-12)9-4-5-9;1-2-3-12-11-8-9(14)4-7-13(11)16(15-12)10-5-6-10;1-2-3-9-8-6-7(13(14)15)4-5-10(8)12-11-9/h6-9H,2-5H2,1H3;4,7-8,10H,2-3,5-6,14H2,1H3;4-6H,2-3H2,1H3,(H,11,12). The van der Waals surface area contributed by atoms with Gasteiger partial charge in [0.25, 0.3) is 11.4 Å². The lowest BCUT2D eigenvalue weighted by molar-refractivity contribution is -0.384. The normalized spacial score (nSPS) is 14.0. The first-order valence-electron chi connectivity index (χ1n) is 17.3. The molecule has 3 N–H and O–H groups in total. The van der Waals surface area contributed by atoms with Crippen molar-refractivity contribution >= 4 is 49.8 Å². The largest absolute Gasteiger partial charge is 0.399 e. The van der Waals surface area contributed by atoms with Gasteiger partial charge in [-0.15, -0.1) is 0 Å². The summed E-state index contributed by atoms with van der Waals surface area (Å²) in [5, 5.41) is 40.9. The number of H-pyrrole nitrogens is 1. The monoisotopic (exact) mass is 665 g/mol. The summed E-state index contributed by atoms with van der Waals surface area (Å²) in [6, 6.07) is 17.0. The van der Waals surface area contributed by atoms with Gasteiger partial charge in [-0.2, -0.15) is 15.3 Å². The van der Waals surface area contributed by atoms with E-state index in [0.717, 1.165) is 77.4 Å². The van der Waals surface area contributed by atoms with Gasteiger partial charge in [0.1, 0.15) is 0 Å². The SMILES string of the molecule is CCCc1[nH]nc2ccc([N+](=O)[O-])cc12.CCCc1nn(C2CC2)c2ccc(N)cc12.CCCc1nn(C2CC2)c2ccc([N+](=O)[O-])cc12. The summed E-state index contributed by atoms with van der Waals surface area (Å²) in [6.45, 7) is 6.34. The molecule has 0 amide bonds. The zero-order chi connectivity index (χ0) is 34.7. The van der Waals surface area contributed by atoms with E-state index in [0.29, 0.717) is 12.1 Å². The Balaban J connectivity index is 0.000000128. The fourth-order valence-electron chi connectivity index (χ4n) is 6.17. The molecule has 49 heavy (non-hydrogen) atoms. The van der Waals surface area contributed by atoms with Crippen molar-refractivity contribution < 1.29 is 9.85 Å². The third-order valence-corrected chi connectivity index (χ3v) is 8.87. The lowest BCUT2D eigenvalue weighted by Gasteiger charge is -1.99. The molecule has 0 bridgehead atoms. The number of nitro groups is 2. The molecule has 3 aromatic carbocycles. The van der Waals surface area contributed by atoms with E-state index in [9.17, 15) is 20.2 Å². The summed E-state index contributed by atoms with van der Waals surface area (Å²) in [6.07, 6.45) is 10.8. The van der Waals surface area contributed by atoms with Gasteiger partial charge in [0.05, 0.1) is 49.9 Å². The van der Waals surface area contributed by atoms with E-state index >= 15 is 0 Å². The summed E-state index contributed by atoms with van der Waals surface area (Å²) < 4.78 is 4.24. The van der Waals surface area contributed by atoms with E-state index in [1.807, 2.05) is 16.8 Å². The average molecular weight is 666 g/mol. The number of benzene rings is 3. The van der Waals surface area contributed by atoms with Crippen LogP contribution in [0.1, 0.15) is 94.9 Å². The van der Waals surface area contributed by atoms with Gasteiger partial charge >= 0.3 is 0 Å². The van der Waals surface area contributed by atoms with E-state index in [1.165, 1.54) is 48.3 Å². The lowest BCUT2D eigenvalue weighted by atomic mass is 10.1. The summed E-state index contributed by atoms with van der Waals surface area (Å²) in [5.41, 5.74) is 13.2. The van der Waals surface area contributed by atoms with Crippen LogP contribution in [0.3, 0.4) is 0 Å². The number of rotatable bonds is 10. The van der Waals surface area contributed by atoms with Gasteiger partial charge in [0.15, 0.2) is 0 Å². The molecule has 2 saturated carbocycles. The molecule has 3 heterocycles. The van der Waals surface area contributed by atoms with Gasteiger partial charge in [0, 0.05) is 51.8 Å². The highest BCUT2D eigenvalue weighted by Gasteiger charge is 2.28. The van der Waals surface area contributed by atoms with Crippen molar-refractivity contribution in [2.24, 2.45) is 0 Å². The number of aromatic nitrogens is 6. The number of non-ortho nitro benzene ring substituents is 2. The number of nitrogen functional groups attached to an aromatic ring is 1. The maximum Gasteiger partial charge on any atom is 0.270 e. The van der Waals surface area contributed by atoms with Crippen molar-refractivity contribution in [1.29, 1.82) is 0 Å². The molecule has 2 fully saturated rings. The van der Waals surface area contributed by atoms with Crippen LogP contribution in [0.2, 0.25) is 0 Å². The van der Waals surface area contributed by atoms with Gasteiger partial charge < -0.3 is 5.73 Å². The Hall–Kier alpha value is -5.33. The Morgan fingerprint density at radius 1 is 0.714 bits per heavy atom. The number of nitrogens with zero attached hydrogens (tertiary/aromatic N) is 7. The van der Waals surface area contributed by atoms with Crippen LogP contribution in [0.15, 0.2) is 54.6 Å². The van der Waals surface area contributed by atoms with Crippen LogP contribution in [-0.2, 0) is 19.3 Å². The average Bonchev–Trinajstić information content (AvgIpc) is 4.02. The molecule has 0 atom stereocenters. The zero-order valence-corrected chi connectivity index (χ0v) is 28.3. The number of aromatic amines is 1. The highest BCUT2D eigenvalue weighted by atomic mass is 16.6. The summed E-state index contributed by atoms with van der Waals surface area (Å²) >= 11 is 0. The minimum Gasteiger partial charge on any atom is -0.399 e. The number of nitrogens with two attached hydrogens (primary N) is 1. The molecule has 13 nitrogen and oxygen atoms in total. The van der Waals surface area contributed by atoms with E-state index in [2.05, 4.69) is 52.9 Å². The molecule has 13 heteroatoms. The number of anilines is 1. The van der Waals surface area contributed by atoms with Gasteiger partial charge in [0.2, 0.25) is 0 Å². The van der Waals surface area contributed by atoms with Crippen molar-refractivity contribution in [2.45, 2.75) is 97.1 Å². The quantitative estimate of drug-likeness (QED) is 0.0830. The molecular weight excluding hydrogens is 622 g/mol. The summed E-state index contributed by atoms with van der Waals surface area (Å²) in [7, 11) is 0. The van der Waals surface area contributed by atoms with Crippen molar-refractivity contribution in [3.8, 4) is 0 Å². The van der Waals surface area contributed by atoms with Gasteiger partial charge in [-0.05, 0) is 75.3 Å². The maximum absolute atomic E-state index is 10.8. The molecule has 8 rings (SSSR count). The van der Waals surface area contributed by atoms with E-state index in [4.69, 9.17) is 10.8 Å². The van der Waals surface area contributed by atoms with Crippen molar-refractivity contribution in [3.05, 3.63) is 91.9 Å². The molecule has 256 valence electrons. The summed E-state index contributed by atoms with van der Waals surface area (Å²) in [5.74, 6) is 0. The Morgan fingerprint density at radius 3 is 1.71 bits per heavy atom. The second kappa shape index (κ2) is 14.4. The van der Waals surface area contributed by atoms with Crippen LogP contribution in [-0.4, -0.2) is 39.6 Å². The molecule has 0 saturated heterocycles. The van der Waals surface area contributed by atoms with Crippen LogP contribution >= 0.6 is 0 Å². The summed E-state index contributed by atoms with van der Waals surface area (Å²) in [4.78, 5) is 20.7. The van der Waals surface area contributed by atoms with E-state index in [-0.39, 0.29) is 21.2 Å². The topological polar surface area (TPSA) is 177 Å². The first-order valence-corrected chi connectivity index (χ1v) is 17.3. The highest BCUT2D eigenvalue weighted by molar-refractivity contribution is 5.86. The van der Waals surface area contributed by atoms with E-state index in [1.54, 1.807) is 24.3 Å². The highest BCUT2D eigenvalue weighted by Crippen LogP contribution is 2.39. The predicted molar refractivity (Wildman–Crippen MR) is 192 cm³/mol. The maximum atomic E-state index is 10.8. The van der Waals surface area contributed by atoms with Crippen LogP contribution < -0.4 is 5.73 Å². The number of nitrogens with one attached hydrogen (secondary N) is 1. The predicted octanol–water partition coefficient (Wildman–Crippen LogP) is 8.56. The molecule has 6 aromatic rings. The Bertz CT molecular complexity index is 2120. The third kappa shape index (κ3) is 7.40. The fourth-order valence-corrected chi connectivity index (χ4v) is 6.17. The van der Waals surface area contributed by atoms with Gasteiger partial charge in [-0.1, -0.05) is 40.0 Å². The molecule has 0 spiro atoms. The van der Waals surface area contributed by atoms with Crippen molar-refractivity contribution in [2.75, 3.05) is 5.73 Å². The molecule has 3 aromatic heterocycles. The molecule has 2 aliphatic rings. The number of fused-ring (bicyclic) bond motifs is 3. The Morgan fingerprint density at radius 2 is 1.20 bits per heavy atom. The van der Waals surface area contributed by atoms with E-state index < -0.39 is 0 Å². The zero-order valence-electron chi connectivity index (χ0n) is 28.3. The fraction of sp³-hybridized carbons (Fsp3) is 0.417. The van der Waals surface area contributed by atoms with Crippen LogP contribution in [0.25, 0.3) is 32.7 Å². The number of hydrogen-bond donors (Lipinski definition) is 2. The van der Waals surface area contributed by atoms with Crippen LogP contribution in [0.5, 0.6) is 0 Å². The minimum absolute atomic E-state index is 0.112. The molecular formula is C36H43N9O4. The second-order valence-electron chi connectivity index (χ2n) is 12.9. The number of aryl methyl sites for hydroxylation is 3.